The first-order valence-corrected chi connectivity index (χ1v) is 5.27. The van der Waals surface area contributed by atoms with Crippen molar-refractivity contribution < 1.29 is 0 Å². The fourth-order valence-corrected chi connectivity index (χ4v) is 2.29. The highest BCUT2D eigenvalue weighted by atomic mass is 32.2. The van der Waals surface area contributed by atoms with Gasteiger partial charge in [-0.2, -0.15) is 0 Å². The van der Waals surface area contributed by atoms with Crippen molar-refractivity contribution >= 4 is 46.8 Å². The molecule has 62 valence electrons. The molecular weight excluding hydrogens is 192 g/mol. The van der Waals surface area contributed by atoms with Gasteiger partial charge in [0.2, 0.25) is 0 Å². The van der Waals surface area contributed by atoms with Crippen molar-refractivity contribution in [3.63, 3.8) is 0 Å². The van der Waals surface area contributed by atoms with E-state index in [0.717, 1.165) is 10.9 Å². The molecule has 2 aliphatic heterocycles. The Kier molecular flexibility index (Phi) is 2.57. The summed E-state index contributed by atoms with van der Waals surface area (Å²) in [6.45, 7) is 0. The van der Waals surface area contributed by atoms with Crippen molar-refractivity contribution in [2.75, 3.05) is 5.88 Å². The second kappa shape index (κ2) is 3.86. The second-order valence-corrected chi connectivity index (χ2v) is 3.94. The number of aliphatic imine (C=N–C) groups is 4. The maximum atomic E-state index is 4.18. The summed E-state index contributed by atoms with van der Waals surface area (Å²) in [6.07, 6.45) is 3.16. The van der Waals surface area contributed by atoms with Crippen LogP contribution in [0.3, 0.4) is 0 Å². The lowest BCUT2D eigenvalue weighted by Crippen LogP contribution is -2.15. The molecular formula is C6H6N4S2. The molecule has 0 aliphatic carbocycles. The SMILES string of the molecule is C1=NC=NC(C2=NC=NCS2)S1. The molecule has 12 heavy (non-hydrogen) atoms. The Morgan fingerprint density at radius 1 is 1.42 bits per heavy atom. The lowest BCUT2D eigenvalue weighted by molar-refractivity contribution is 1.23. The monoisotopic (exact) mass is 198 g/mol. The molecule has 0 aromatic heterocycles. The van der Waals surface area contributed by atoms with Crippen molar-refractivity contribution in [2.24, 2.45) is 20.0 Å². The van der Waals surface area contributed by atoms with Crippen LogP contribution in [0, 0.1) is 0 Å². The Morgan fingerprint density at radius 2 is 2.42 bits per heavy atom. The molecule has 2 heterocycles. The van der Waals surface area contributed by atoms with Crippen LogP contribution in [0.25, 0.3) is 0 Å². The van der Waals surface area contributed by atoms with Crippen molar-refractivity contribution in [1.82, 2.24) is 0 Å². The summed E-state index contributed by atoms with van der Waals surface area (Å²) in [5, 5.41) is 1.11. The van der Waals surface area contributed by atoms with Gasteiger partial charge in [0.05, 0.1) is 11.4 Å². The van der Waals surface area contributed by atoms with Crippen LogP contribution in [-0.4, -0.2) is 34.5 Å². The van der Waals surface area contributed by atoms with E-state index in [1.165, 1.54) is 0 Å². The van der Waals surface area contributed by atoms with Crippen LogP contribution in [0.15, 0.2) is 20.0 Å². The molecule has 0 saturated carbocycles. The second-order valence-electron chi connectivity index (χ2n) is 2.05. The van der Waals surface area contributed by atoms with E-state index < -0.39 is 0 Å². The third kappa shape index (κ3) is 1.75. The van der Waals surface area contributed by atoms with Crippen LogP contribution in [0.5, 0.6) is 0 Å². The van der Waals surface area contributed by atoms with Gasteiger partial charge in [-0.3, -0.25) is 9.98 Å². The van der Waals surface area contributed by atoms with Gasteiger partial charge in [-0.05, 0) is 0 Å². The van der Waals surface area contributed by atoms with Gasteiger partial charge in [0.15, 0.2) is 5.37 Å². The minimum atomic E-state index is 0.0965. The molecule has 1 unspecified atom stereocenters. The smallest absolute Gasteiger partial charge is 0.150 e. The molecule has 0 radical (unpaired) electrons. The molecule has 1 atom stereocenters. The van der Waals surface area contributed by atoms with Crippen molar-refractivity contribution in [2.45, 2.75) is 5.37 Å². The number of hydrogen-bond donors (Lipinski definition) is 0. The van der Waals surface area contributed by atoms with Crippen LogP contribution in [0.1, 0.15) is 0 Å². The van der Waals surface area contributed by atoms with Crippen molar-refractivity contribution in [3.05, 3.63) is 0 Å². The average Bonchev–Trinajstić information content (AvgIpc) is 2.21. The van der Waals surface area contributed by atoms with E-state index in [1.807, 2.05) is 0 Å². The molecule has 2 rings (SSSR count). The molecule has 2 aliphatic rings. The van der Waals surface area contributed by atoms with Gasteiger partial charge in [0.1, 0.15) is 17.7 Å². The van der Waals surface area contributed by atoms with E-state index in [4.69, 9.17) is 0 Å². The highest BCUT2D eigenvalue weighted by Gasteiger charge is 2.17. The van der Waals surface area contributed by atoms with E-state index in [1.54, 1.807) is 41.7 Å². The summed E-state index contributed by atoms with van der Waals surface area (Å²) < 4.78 is 0. The first-order chi connectivity index (χ1) is 5.97. The molecule has 0 spiro atoms. The van der Waals surface area contributed by atoms with Crippen LogP contribution < -0.4 is 0 Å². The molecule has 0 fully saturated rings. The van der Waals surface area contributed by atoms with E-state index in [9.17, 15) is 0 Å². The Hall–Kier alpha value is -0.620. The van der Waals surface area contributed by atoms with Crippen LogP contribution in [0.4, 0.5) is 0 Å². The Morgan fingerprint density at radius 3 is 3.08 bits per heavy atom. The summed E-state index contributed by atoms with van der Waals surface area (Å²) >= 11 is 3.19. The summed E-state index contributed by atoms with van der Waals surface area (Å²) in [5.41, 5.74) is 1.78. The minimum absolute atomic E-state index is 0.0965. The number of nitrogens with zero attached hydrogens (tertiary/aromatic N) is 4. The zero-order valence-electron chi connectivity index (χ0n) is 6.12. The molecule has 0 aromatic carbocycles. The Balaban J connectivity index is 2.09. The molecule has 0 bridgehead atoms. The number of hydrogen-bond acceptors (Lipinski definition) is 6. The maximum Gasteiger partial charge on any atom is 0.150 e. The van der Waals surface area contributed by atoms with E-state index in [0.29, 0.717) is 0 Å². The van der Waals surface area contributed by atoms with Crippen molar-refractivity contribution in [3.8, 4) is 0 Å². The standard InChI is InChI=1S/C6H6N4S2/c1-7-3-11-5(9-1)6-10-2-8-4-12-6/h1-3,5H,4H2. The number of thioether (sulfide) groups is 2. The van der Waals surface area contributed by atoms with Crippen LogP contribution >= 0.6 is 23.5 Å². The fraction of sp³-hybridized carbons (Fsp3) is 0.333. The van der Waals surface area contributed by atoms with Gasteiger partial charge in [-0.1, -0.05) is 23.5 Å². The third-order valence-electron chi connectivity index (χ3n) is 1.28. The highest BCUT2D eigenvalue weighted by Crippen LogP contribution is 2.22. The molecule has 0 amide bonds. The molecule has 4 nitrogen and oxygen atoms in total. The third-order valence-corrected chi connectivity index (χ3v) is 3.18. The number of rotatable bonds is 1. The van der Waals surface area contributed by atoms with Gasteiger partial charge in [0.25, 0.3) is 0 Å². The largest absolute Gasteiger partial charge is 0.262 e. The van der Waals surface area contributed by atoms with Gasteiger partial charge < -0.3 is 0 Å². The lowest BCUT2D eigenvalue weighted by Gasteiger charge is -2.13. The summed E-state index contributed by atoms with van der Waals surface area (Å²) in [5.74, 6) is 0.753. The zero-order valence-corrected chi connectivity index (χ0v) is 7.75. The quantitative estimate of drug-likeness (QED) is 0.636. The molecule has 0 N–H and O–H groups in total. The van der Waals surface area contributed by atoms with Crippen molar-refractivity contribution in [1.29, 1.82) is 0 Å². The van der Waals surface area contributed by atoms with Crippen LogP contribution in [-0.2, 0) is 0 Å². The highest BCUT2D eigenvalue weighted by molar-refractivity contribution is 8.19. The minimum Gasteiger partial charge on any atom is -0.262 e. The van der Waals surface area contributed by atoms with Gasteiger partial charge in [-0.15, -0.1) is 0 Å². The first-order valence-electron chi connectivity index (χ1n) is 3.34. The van der Waals surface area contributed by atoms with Gasteiger partial charge in [-0.25, -0.2) is 9.98 Å². The average molecular weight is 198 g/mol. The topological polar surface area (TPSA) is 49.4 Å². The summed E-state index contributed by atoms with van der Waals surface area (Å²) in [7, 11) is 0. The van der Waals surface area contributed by atoms with Crippen LogP contribution in [0.2, 0.25) is 0 Å². The fourth-order valence-electron chi connectivity index (χ4n) is 0.783. The molecule has 6 heteroatoms. The predicted octanol–water partition coefficient (Wildman–Crippen LogP) is 1.25. The Labute approximate surface area is 78.4 Å². The lowest BCUT2D eigenvalue weighted by atomic mass is 10.7. The summed E-state index contributed by atoms with van der Waals surface area (Å²) in [6, 6.07) is 0. The molecule has 0 aromatic rings. The molecule has 0 saturated heterocycles. The Bertz CT molecular complexity index is 281. The van der Waals surface area contributed by atoms with Gasteiger partial charge in [0, 0.05) is 0 Å². The maximum absolute atomic E-state index is 4.18. The van der Waals surface area contributed by atoms with E-state index >= 15 is 0 Å². The van der Waals surface area contributed by atoms with Gasteiger partial charge >= 0.3 is 0 Å². The summed E-state index contributed by atoms with van der Waals surface area (Å²) in [4.78, 5) is 16.2. The van der Waals surface area contributed by atoms with E-state index in [2.05, 4.69) is 20.0 Å². The predicted molar refractivity (Wildman–Crippen MR) is 56.7 cm³/mol. The van der Waals surface area contributed by atoms with E-state index in [-0.39, 0.29) is 5.37 Å². The zero-order chi connectivity index (χ0) is 8.23. The normalized spacial score (nSPS) is 27.3. The first kappa shape index (κ1) is 8.00.